The second kappa shape index (κ2) is 4.98. The fraction of sp³-hybridized carbons (Fsp3) is 0.0625. The summed E-state index contributed by atoms with van der Waals surface area (Å²) in [6, 6.07) is 16.6. The molecule has 0 unspecified atom stereocenters. The van der Waals surface area contributed by atoms with Crippen molar-refractivity contribution in [3.05, 3.63) is 65.7 Å². The van der Waals surface area contributed by atoms with Gasteiger partial charge in [0.15, 0.2) is 0 Å². The first kappa shape index (κ1) is 11.5. The van der Waals surface area contributed by atoms with Crippen molar-refractivity contribution in [3.8, 4) is 11.5 Å². The predicted octanol–water partition coefficient (Wildman–Crippen LogP) is 3.07. The Morgan fingerprint density at radius 3 is 2.58 bits per heavy atom. The van der Waals surface area contributed by atoms with Gasteiger partial charge in [-0.25, -0.2) is 4.79 Å². The first-order valence-electron chi connectivity index (χ1n) is 6.02. The molecule has 1 heterocycles. The lowest BCUT2D eigenvalue weighted by Crippen LogP contribution is -2.19. The maximum atomic E-state index is 12.0. The minimum Gasteiger partial charge on any atom is -0.488 e. The number of benzene rings is 2. The van der Waals surface area contributed by atoms with E-state index in [1.165, 1.54) is 0 Å². The van der Waals surface area contributed by atoms with Gasteiger partial charge in [0.2, 0.25) is 0 Å². The highest BCUT2D eigenvalue weighted by atomic mass is 16.5. The minimum absolute atomic E-state index is 0.239. The summed E-state index contributed by atoms with van der Waals surface area (Å²) in [5, 5.41) is 0. The van der Waals surface area contributed by atoms with E-state index in [1.807, 2.05) is 48.5 Å². The number of rotatable bonds is 2. The topological polar surface area (TPSA) is 35.5 Å². The van der Waals surface area contributed by atoms with Gasteiger partial charge in [-0.2, -0.15) is 0 Å². The molecule has 94 valence electrons. The van der Waals surface area contributed by atoms with Crippen LogP contribution in [-0.4, -0.2) is 12.6 Å². The Hall–Kier alpha value is -2.55. The maximum Gasteiger partial charge on any atom is 0.342 e. The second-order valence-corrected chi connectivity index (χ2v) is 4.20. The van der Waals surface area contributed by atoms with Crippen LogP contribution in [-0.2, 0) is 4.79 Å². The van der Waals surface area contributed by atoms with Crippen molar-refractivity contribution in [1.29, 1.82) is 0 Å². The molecule has 0 bridgehead atoms. The second-order valence-electron chi connectivity index (χ2n) is 4.20. The van der Waals surface area contributed by atoms with Crippen LogP contribution < -0.4 is 9.47 Å². The zero-order valence-corrected chi connectivity index (χ0v) is 10.2. The molecule has 3 rings (SSSR count). The van der Waals surface area contributed by atoms with E-state index in [0.717, 1.165) is 11.3 Å². The lowest BCUT2D eigenvalue weighted by Gasteiger charge is -2.16. The van der Waals surface area contributed by atoms with Gasteiger partial charge in [-0.05, 0) is 24.3 Å². The molecule has 0 N–H and O–H groups in total. The number of carbonyl (C=O) groups excluding carboxylic acids is 1. The highest BCUT2D eigenvalue weighted by molar-refractivity contribution is 5.96. The Balaban J connectivity index is 1.80. The maximum absolute atomic E-state index is 12.0. The van der Waals surface area contributed by atoms with E-state index < -0.39 is 0 Å². The SMILES string of the molecule is O=C(Oc1ccccc1)C1=Cc2ccccc2OC1. The smallest absolute Gasteiger partial charge is 0.342 e. The van der Waals surface area contributed by atoms with Crippen molar-refractivity contribution in [1.82, 2.24) is 0 Å². The molecule has 0 saturated heterocycles. The first-order chi connectivity index (χ1) is 9.33. The molecule has 3 nitrogen and oxygen atoms in total. The van der Waals surface area contributed by atoms with Crippen LogP contribution in [0.15, 0.2) is 60.2 Å². The van der Waals surface area contributed by atoms with Gasteiger partial charge in [0.05, 0.1) is 5.57 Å². The molecule has 2 aromatic carbocycles. The molecule has 0 atom stereocenters. The first-order valence-corrected chi connectivity index (χ1v) is 6.02. The number of ether oxygens (including phenoxy) is 2. The standard InChI is InChI=1S/C16H12O3/c17-16(19-14-7-2-1-3-8-14)13-10-12-6-4-5-9-15(12)18-11-13/h1-10H,11H2. The van der Waals surface area contributed by atoms with E-state index in [2.05, 4.69) is 0 Å². The molecule has 3 heteroatoms. The van der Waals surface area contributed by atoms with Gasteiger partial charge in [-0.3, -0.25) is 0 Å². The number of hydrogen-bond acceptors (Lipinski definition) is 3. The molecule has 19 heavy (non-hydrogen) atoms. The normalized spacial score (nSPS) is 12.9. The van der Waals surface area contributed by atoms with E-state index >= 15 is 0 Å². The Morgan fingerprint density at radius 1 is 1.00 bits per heavy atom. The summed E-state index contributed by atoms with van der Waals surface area (Å²) in [7, 11) is 0. The van der Waals surface area contributed by atoms with E-state index in [-0.39, 0.29) is 12.6 Å². The van der Waals surface area contributed by atoms with Crippen molar-refractivity contribution in [2.45, 2.75) is 0 Å². The summed E-state index contributed by atoms with van der Waals surface area (Å²) in [4.78, 5) is 12.0. The Kier molecular flexibility index (Phi) is 3.02. The van der Waals surface area contributed by atoms with Crippen LogP contribution in [0.25, 0.3) is 6.08 Å². The van der Waals surface area contributed by atoms with Gasteiger partial charge in [0.1, 0.15) is 18.1 Å². The molecule has 0 fully saturated rings. The molecule has 0 spiro atoms. The van der Waals surface area contributed by atoms with E-state index in [4.69, 9.17) is 9.47 Å². The zero-order valence-electron chi connectivity index (χ0n) is 10.2. The number of para-hydroxylation sites is 2. The summed E-state index contributed by atoms with van der Waals surface area (Å²) in [5.41, 5.74) is 1.41. The van der Waals surface area contributed by atoms with Gasteiger partial charge < -0.3 is 9.47 Å². The summed E-state index contributed by atoms with van der Waals surface area (Å²) < 4.78 is 10.8. The fourth-order valence-corrected chi connectivity index (χ4v) is 1.90. The van der Waals surface area contributed by atoms with Crippen molar-refractivity contribution < 1.29 is 14.3 Å². The third-order valence-corrected chi connectivity index (χ3v) is 2.85. The summed E-state index contributed by atoms with van der Waals surface area (Å²) >= 11 is 0. The Labute approximate surface area is 111 Å². The van der Waals surface area contributed by atoms with Gasteiger partial charge in [-0.15, -0.1) is 0 Å². The summed E-state index contributed by atoms with van der Waals surface area (Å²) in [6.45, 7) is 0.239. The fourth-order valence-electron chi connectivity index (χ4n) is 1.90. The van der Waals surface area contributed by atoms with E-state index in [1.54, 1.807) is 12.1 Å². The van der Waals surface area contributed by atoms with Crippen molar-refractivity contribution in [2.75, 3.05) is 6.61 Å². The molecule has 2 aromatic rings. The van der Waals surface area contributed by atoms with Crippen LogP contribution in [0.2, 0.25) is 0 Å². The number of esters is 1. The summed E-state index contributed by atoms with van der Waals surface area (Å²) in [5.74, 6) is 0.951. The van der Waals surface area contributed by atoms with Crippen LogP contribution in [0.4, 0.5) is 0 Å². The molecule has 1 aliphatic heterocycles. The van der Waals surface area contributed by atoms with Crippen LogP contribution in [0.1, 0.15) is 5.56 Å². The van der Waals surface area contributed by atoms with Crippen LogP contribution in [0, 0.1) is 0 Å². The molecule has 1 aliphatic rings. The summed E-state index contributed by atoms with van der Waals surface area (Å²) in [6.07, 6.45) is 1.81. The molecule has 0 radical (unpaired) electrons. The highest BCUT2D eigenvalue weighted by Gasteiger charge is 2.18. The number of fused-ring (bicyclic) bond motifs is 1. The molecule has 0 aromatic heterocycles. The lowest BCUT2D eigenvalue weighted by molar-refractivity contribution is -0.130. The molecular weight excluding hydrogens is 240 g/mol. The zero-order chi connectivity index (χ0) is 13.1. The van der Waals surface area contributed by atoms with Crippen molar-refractivity contribution >= 4 is 12.0 Å². The van der Waals surface area contributed by atoms with Gasteiger partial charge in [0.25, 0.3) is 0 Å². The van der Waals surface area contributed by atoms with E-state index in [0.29, 0.717) is 11.3 Å². The Bertz CT molecular complexity index is 629. The molecule has 0 aliphatic carbocycles. The highest BCUT2D eigenvalue weighted by Crippen LogP contribution is 2.26. The van der Waals surface area contributed by atoms with Crippen molar-refractivity contribution in [2.24, 2.45) is 0 Å². The quantitative estimate of drug-likeness (QED) is 0.608. The minimum atomic E-state index is -0.374. The largest absolute Gasteiger partial charge is 0.488 e. The molecule has 0 amide bonds. The van der Waals surface area contributed by atoms with Crippen LogP contribution in [0.5, 0.6) is 11.5 Å². The van der Waals surface area contributed by atoms with Gasteiger partial charge in [-0.1, -0.05) is 36.4 Å². The van der Waals surface area contributed by atoms with Crippen molar-refractivity contribution in [3.63, 3.8) is 0 Å². The lowest BCUT2D eigenvalue weighted by atomic mass is 10.1. The third-order valence-electron chi connectivity index (χ3n) is 2.85. The third kappa shape index (κ3) is 2.50. The average molecular weight is 252 g/mol. The van der Waals surface area contributed by atoms with Crippen LogP contribution in [0.3, 0.4) is 0 Å². The predicted molar refractivity (Wildman–Crippen MR) is 72.0 cm³/mol. The number of hydrogen-bond donors (Lipinski definition) is 0. The van der Waals surface area contributed by atoms with Gasteiger partial charge >= 0.3 is 5.97 Å². The monoisotopic (exact) mass is 252 g/mol. The Morgan fingerprint density at radius 2 is 1.74 bits per heavy atom. The average Bonchev–Trinajstić information content (AvgIpc) is 2.48. The van der Waals surface area contributed by atoms with Gasteiger partial charge in [0, 0.05) is 5.56 Å². The van der Waals surface area contributed by atoms with E-state index in [9.17, 15) is 4.79 Å². The molecular formula is C16H12O3. The number of carbonyl (C=O) groups is 1. The molecule has 0 saturated carbocycles. The van der Waals surface area contributed by atoms with Crippen LogP contribution >= 0.6 is 0 Å².